The average molecular weight is 389 g/mol. The lowest BCUT2D eigenvalue weighted by atomic mass is 10.2. The molecule has 2 aromatic carbocycles. The van der Waals surface area contributed by atoms with Gasteiger partial charge in [0.15, 0.2) is 6.10 Å². The number of rotatable bonds is 6. The second-order valence-corrected chi connectivity index (χ2v) is 6.60. The molecular weight excluding hydrogens is 366 g/mol. The molecule has 1 N–H and O–H groups in total. The SMILES string of the molecule is Cc1nn(-c2ccccc2)c(C)c1/C=C/C(=O)O[C@H](C)C(=O)Nc1ccccc1. The minimum Gasteiger partial charge on any atom is -0.449 e. The lowest BCUT2D eigenvalue weighted by Gasteiger charge is -2.12. The Morgan fingerprint density at radius 2 is 1.66 bits per heavy atom. The molecule has 3 rings (SSSR count). The van der Waals surface area contributed by atoms with Crippen LogP contribution in [0.4, 0.5) is 5.69 Å². The molecule has 1 atom stereocenters. The van der Waals surface area contributed by atoms with Gasteiger partial charge in [-0.2, -0.15) is 5.10 Å². The van der Waals surface area contributed by atoms with Gasteiger partial charge in [0.05, 0.1) is 11.4 Å². The number of carbonyl (C=O) groups is 2. The summed E-state index contributed by atoms with van der Waals surface area (Å²) < 4.78 is 7.04. The Morgan fingerprint density at radius 3 is 2.31 bits per heavy atom. The first-order chi connectivity index (χ1) is 14.0. The normalized spacial score (nSPS) is 12.0. The summed E-state index contributed by atoms with van der Waals surface area (Å²) in [5.41, 5.74) is 4.14. The molecule has 0 aliphatic rings. The molecule has 0 saturated carbocycles. The van der Waals surface area contributed by atoms with Crippen molar-refractivity contribution in [1.29, 1.82) is 0 Å². The molecule has 148 valence electrons. The Kier molecular flexibility index (Phi) is 6.24. The van der Waals surface area contributed by atoms with E-state index >= 15 is 0 Å². The molecule has 1 heterocycles. The number of carbonyl (C=O) groups excluding carboxylic acids is 2. The van der Waals surface area contributed by atoms with Crippen molar-refractivity contribution in [3.05, 3.63) is 83.7 Å². The molecule has 0 saturated heterocycles. The fraction of sp³-hybridized carbons (Fsp3) is 0.174. The summed E-state index contributed by atoms with van der Waals surface area (Å²) in [4.78, 5) is 24.3. The van der Waals surface area contributed by atoms with Crippen molar-refractivity contribution >= 4 is 23.6 Å². The van der Waals surface area contributed by atoms with Crippen molar-refractivity contribution in [1.82, 2.24) is 9.78 Å². The number of amides is 1. The maximum Gasteiger partial charge on any atom is 0.331 e. The molecule has 0 unspecified atom stereocenters. The molecular formula is C23H23N3O3. The van der Waals surface area contributed by atoms with Crippen LogP contribution in [0.15, 0.2) is 66.7 Å². The van der Waals surface area contributed by atoms with Crippen LogP contribution in [-0.2, 0) is 14.3 Å². The third-order valence-corrected chi connectivity index (χ3v) is 4.44. The number of para-hydroxylation sites is 2. The molecule has 6 nitrogen and oxygen atoms in total. The molecule has 0 fully saturated rings. The zero-order valence-corrected chi connectivity index (χ0v) is 16.6. The number of aryl methyl sites for hydroxylation is 1. The fourth-order valence-electron chi connectivity index (χ4n) is 2.90. The minimum absolute atomic E-state index is 0.387. The Balaban J connectivity index is 1.65. The molecule has 0 radical (unpaired) electrons. The van der Waals surface area contributed by atoms with Gasteiger partial charge in [0.25, 0.3) is 5.91 Å². The van der Waals surface area contributed by atoms with E-state index in [0.29, 0.717) is 5.69 Å². The van der Waals surface area contributed by atoms with Gasteiger partial charge in [-0.15, -0.1) is 0 Å². The van der Waals surface area contributed by atoms with Gasteiger partial charge < -0.3 is 10.1 Å². The van der Waals surface area contributed by atoms with Crippen molar-refractivity contribution in [2.45, 2.75) is 26.9 Å². The number of benzene rings is 2. The van der Waals surface area contributed by atoms with Gasteiger partial charge in [-0.1, -0.05) is 36.4 Å². The van der Waals surface area contributed by atoms with Crippen molar-refractivity contribution in [3.63, 3.8) is 0 Å². The second-order valence-electron chi connectivity index (χ2n) is 6.60. The number of hydrogen-bond donors (Lipinski definition) is 1. The van der Waals surface area contributed by atoms with Crippen molar-refractivity contribution in [2.75, 3.05) is 5.32 Å². The van der Waals surface area contributed by atoms with E-state index < -0.39 is 12.1 Å². The van der Waals surface area contributed by atoms with Gasteiger partial charge in [-0.3, -0.25) is 4.79 Å². The van der Waals surface area contributed by atoms with Crippen LogP contribution in [-0.4, -0.2) is 27.8 Å². The summed E-state index contributed by atoms with van der Waals surface area (Å²) in [6, 6.07) is 18.8. The topological polar surface area (TPSA) is 73.2 Å². The van der Waals surface area contributed by atoms with Crippen LogP contribution in [0.5, 0.6) is 0 Å². The molecule has 29 heavy (non-hydrogen) atoms. The first-order valence-corrected chi connectivity index (χ1v) is 9.32. The summed E-state index contributed by atoms with van der Waals surface area (Å²) in [5.74, 6) is -0.978. The molecule has 1 amide bonds. The number of ether oxygens (including phenoxy) is 1. The highest BCUT2D eigenvalue weighted by Crippen LogP contribution is 2.19. The van der Waals surface area contributed by atoms with E-state index in [1.807, 2.05) is 67.1 Å². The maximum absolute atomic E-state index is 12.2. The van der Waals surface area contributed by atoms with Crippen LogP contribution in [0.1, 0.15) is 23.9 Å². The third-order valence-electron chi connectivity index (χ3n) is 4.44. The second kappa shape index (κ2) is 9.01. The van der Waals surface area contributed by atoms with E-state index in [1.165, 1.54) is 13.0 Å². The predicted octanol–water partition coefficient (Wildman–Crippen LogP) is 4.07. The summed E-state index contributed by atoms with van der Waals surface area (Å²) in [6.45, 7) is 5.36. The van der Waals surface area contributed by atoms with Crippen molar-refractivity contribution in [2.24, 2.45) is 0 Å². The first-order valence-electron chi connectivity index (χ1n) is 9.32. The van der Waals surface area contributed by atoms with E-state index in [0.717, 1.165) is 22.6 Å². The van der Waals surface area contributed by atoms with E-state index in [4.69, 9.17) is 4.74 Å². The summed E-state index contributed by atoms with van der Waals surface area (Å²) in [5, 5.41) is 7.25. The standard InChI is InChI=1S/C23H23N3O3/c1-16-21(17(2)26(25-16)20-12-8-5-9-13-20)14-15-22(27)29-18(3)23(28)24-19-10-6-4-7-11-19/h4-15,18H,1-3H3,(H,24,28)/b15-14+/t18-/m1/s1. The third kappa shape index (κ3) is 4.99. The van der Waals surface area contributed by atoms with Crippen LogP contribution >= 0.6 is 0 Å². The van der Waals surface area contributed by atoms with Crippen molar-refractivity contribution < 1.29 is 14.3 Å². The Bertz CT molecular complexity index is 1020. The highest BCUT2D eigenvalue weighted by molar-refractivity contribution is 5.96. The van der Waals surface area contributed by atoms with Gasteiger partial charge in [-0.25, -0.2) is 9.48 Å². The number of anilines is 1. The molecule has 0 aliphatic carbocycles. The quantitative estimate of drug-likeness (QED) is 0.509. The van der Waals surface area contributed by atoms with Crippen LogP contribution in [0.25, 0.3) is 11.8 Å². The smallest absolute Gasteiger partial charge is 0.331 e. The lowest BCUT2D eigenvalue weighted by molar-refractivity contribution is -0.148. The molecule has 3 aromatic rings. The Hall–Kier alpha value is -3.67. The number of hydrogen-bond acceptors (Lipinski definition) is 4. The van der Waals surface area contributed by atoms with E-state index in [2.05, 4.69) is 10.4 Å². The number of nitrogens with one attached hydrogen (secondary N) is 1. The number of nitrogens with zero attached hydrogens (tertiary/aromatic N) is 2. The highest BCUT2D eigenvalue weighted by Gasteiger charge is 2.17. The van der Waals surface area contributed by atoms with E-state index in [1.54, 1.807) is 18.2 Å². The summed E-state index contributed by atoms with van der Waals surface area (Å²) in [6.07, 6.45) is 2.07. The molecule has 6 heteroatoms. The van der Waals surface area contributed by atoms with Crippen LogP contribution in [0.3, 0.4) is 0 Å². The van der Waals surface area contributed by atoms with Crippen LogP contribution in [0.2, 0.25) is 0 Å². The largest absolute Gasteiger partial charge is 0.449 e. The van der Waals surface area contributed by atoms with Crippen LogP contribution < -0.4 is 5.32 Å². The minimum atomic E-state index is -0.915. The monoisotopic (exact) mass is 389 g/mol. The lowest BCUT2D eigenvalue weighted by Crippen LogP contribution is -2.29. The highest BCUT2D eigenvalue weighted by atomic mass is 16.5. The van der Waals surface area contributed by atoms with Gasteiger partial charge >= 0.3 is 5.97 Å². The van der Waals surface area contributed by atoms with E-state index in [-0.39, 0.29) is 5.91 Å². The van der Waals surface area contributed by atoms with Gasteiger partial charge in [0, 0.05) is 23.0 Å². The zero-order valence-electron chi connectivity index (χ0n) is 16.6. The molecule has 1 aromatic heterocycles. The summed E-state index contributed by atoms with van der Waals surface area (Å²) >= 11 is 0. The Labute approximate surface area is 169 Å². The molecule has 0 spiro atoms. The molecule has 0 aliphatic heterocycles. The van der Waals surface area contributed by atoms with Gasteiger partial charge in [0.1, 0.15) is 0 Å². The summed E-state index contributed by atoms with van der Waals surface area (Å²) in [7, 11) is 0. The number of aromatic nitrogens is 2. The maximum atomic E-state index is 12.2. The molecule has 0 bridgehead atoms. The van der Waals surface area contributed by atoms with Gasteiger partial charge in [0.2, 0.25) is 0 Å². The van der Waals surface area contributed by atoms with Crippen LogP contribution in [0, 0.1) is 13.8 Å². The van der Waals surface area contributed by atoms with Crippen molar-refractivity contribution in [3.8, 4) is 5.69 Å². The first kappa shape index (κ1) is 20.1. The predicted molar refractivity (Wildman–Crippen MR) is 113 cm³/mol. The number of esters is 1. The van der Waals surface area contributed by atoms with Gasteiger partial charge in [-0.05, 0) is 51.1 Å². The fourth-order valence-corrected chi connectivity index (χ4v) is 2.90. The average Bonchev–Trinajstić information content (AvgIpc) is 3.01. The zero-order chi connectivity index (χ0) is 20.8. The Morgan fingerprint density at radius 1 is 1.03 bits per heavy atom. The van der Waals surface area contributed by atoms with E-state index in [9.17, 15) is 9.59 Å².